The molecule has 0 saturated heterocycles. The van der Waals surface area contributed by atoms with Crippen LogP contribution < -0.4 is 0 Å². The van der Waals surface area contributed by atoms with Gasteiger partial charge >= 0.3 is 5.97 Å². The molecule has 4 heteroatoms. The van der Waals surface area contributed by atoms with Crippen molar-refractivity contribution < 1.29 is 18.7 Å². The van der Waals surface area contributed by atoms with Crippen LogP contribution in [0, 0.1) is 12.7 Å². The summed E-state index contributed by atoms with van der Waals surface area (Å²) in [4.78, 5) is 21.5. The van der Waals surface area contributed by atoms with Gasteiger partial charge in [-0.05, 0) is 24.6 Å². The first kappa shape index (κ1) is 10.4. The van der Waals surface area contributed by atoms with E-state index in [-0.39, 0.29) is 11.1 Å². The van der Waals surface area contributed by atoms with Crippen LogP contribution in [0.4, 0.5) is 4.39 Å². The van der Waals surface area contributed by atoms with Crippen molar-refractivity contribution in [3.63, 3.8) is 0 Å². The van der Waals surface area contributed by atoms with Crippen molar-refractivity contribution in [1.82, 2.24) is 0 Å². The van der Waals surface area contributed by atoms with E-state index in [2.05, 4.69) is 4.74 Å². The van der Waals surface area contributed by atoms with E-state index in [9.17, 15) is 14.0 Å². The molecule has 1 aromatic carbocycles. The molecule has 0 aliphatic rings. The van der Waals surface area contributed by atoms with Gasteiger partial charge in [0.2, 0.25) is 0 Å². The lowest BCUT2D eigenvalue weighted by molar-refractivity contribution is 0.0594. The Kier molecular flexibility index (Phi) is 2.96. The van der Waals surface area contributed by atoms with Gasteiger partial charge in [-0.25, -0.2) is 9.18 Å². The number of esters is 1. The molecule has 0 amide bonds. The van der Waals surface area contributed by atoms with E-state index in [4.69, 9.17) is 0 Å². The molecule has 0 atom stereocenters. The third kappa shape index (κ3) is 1.79. The molecule has 14 heavy (non-hydrogen) atoms. The van der Waals surface area contributed by atoms with Gasteiger partial charge in [0.25, 0.3) is 0 Å². The van der Waals surface area contributed by atoms with Crippen LogP contribution in [-0.2, 0) is 4.74 Å². The standard InChI is InChI=1S/C10H9FO3/c1-6-3-7(5-12)4-8(11)9(6)10(13)14-2/h3-5H,1-2H3. The number of carbonyl (C=O) groups is 2. The van der Waals surface area contributed by atoms with Crippen molar-refractivity contribution >= 4 is 12.3 Å². The van der Waals surface area contributed by atoms with Crippen LogP contribution >= 0.6 is 0 Å². The average molecular weight is 196 g/mol. The van der Waals surface area contributed by atoms with Crippen molar-refractivity contribution in [3.05, 3.63) is 34.6 Å². The Labute approximate surface area is 80.5 Å². The van der Waals surface area contributed by atoms with Gasteiger partial charge in [-0.2, -0.15) is 0 Å². The van der Waals surface area contributed by atoms with Gasteiger partial charge in [0.1, 0.15) is 12.1 Å². The summed E-state index contributed by atoms with van der Waals surface area (Å²) in [7, 11) is 1.18. The van der Waals surface area contributed by atoms with Crippen LogP contribution in [-0.4, -0.2) is 19.4 Å². The highest BCUT2D eigenvalue weighted by Gasteiger charge is 2.15. The lowest BCUT2D eigenvalue weighted by Crippen LogP contribution is -2.07. The van der Waals surface area contributed by atoms with Crippen molar-refractivity contribution in [2.75, 3.05) is 7.11 Å². The average Bonchev–Trinajstić information content (AvgIpc) is 2.16. The molecule has 0 aliphatic heterocycles. The minimum absolute atomic E-state index is 0.127. The molecule has 0 bridgehead atoms. The van der Waals surface area contributed by atoms with E-state index < -0.39 is 11.8 Å². The molecular weight excluding hydrogens is 187 g/mol. The molecule has 0 aromatic heterocycles. The molecule has 0 spiro atoms. The van der Waals surface area contributed by atoms with E-state index >= 15 is 0 Å². The molecule has 3 nitrogen and oxygen atoms in total. The summed E-state index contributed by atoms with van der Waals surface area (Å²) in [6.07, 6.45) is 0.525. The number of aldehydes is 1. The molecule has 0 fully saturated rings. The first-order valence-electron chi connectivity index (χ1n) is 3.93. The molecular formula is C10H9FO3. The number of halogens is 1. The zero-order valence-corrected chi connectivity index (χ0v) is 7.83. The quantitative estimate of drug-likeness (QED) is 0.534. The second-order valence-corrected chi connectivity index (χ2v) is 2.80. The fraction of sp³-hybridized carbons (Fsp3) is 0.200. The number of ether oxygens (including phenoxy) is 1. The van der Waals surface area contributed by atoms with E-state index in [1.165, 1.54) is 13.2 Å². The Bertz CT molecular complexity index is 362. The third-order valence-electron chi connectivity index (χ3n) is 1.84. The monoisotopic (exact) mass is 196 g/mol. The maximum Gasteiger partial charge on any atom is 0.341 e. The second kappa shape index (κ2) is 4.00. The summed E-state index contributed by atoms with van der Waals surface area (Å²) in [5.74, 6) is -1.48. The van der Waals surface area contributed by atoms with Gasteiger partial charge in [0, 0.05) is 5.56 Å². The highest BCUT2D eigenvalue weighted by atomic mass is 19.1. The fourth-order valence-corrected chi connectivity index (χ4v) is 1.20. The Balaban J connectivity index is 3.31. The lowest BCUT2D eigenvalue weighted by atomic mass is 10.1. The summed E-state index contributed by atoms with van der Waals surface area (Å²) >= 11 is 0. The van der Waals surface area contributed by atoms with Crippen molar-refractivity contribution in [2.45, 2.75) is 6.92 Å². The van der Waals surface area contributed by atoms with Crippen LogP contribution in [0.15, 0.2) is 12.1 Å². The van der Waals surface area contributed by atoms with Crippen LogP contribution in [0.25, 0.3) is 0 Å². The van der Waals surface area contributed by atoms with Crippen LogP contribution in [0.1, 0.15) is 26.3 Å². The Morgan fingerprint density at radius 2 is 2.14 bits per heavy atom. The molecule has 74 valence electrons. The molecule has 0 N–H and O–H groups in total. The van der Waals surface area contributed by atoms with E-state index in [1.54, 1.807) is 6.92 Å². The van der Waals surface area contributed by atoms with E-state index in [1.807, 2.05) is 0 Å². The summed E-state index contributed by atoms with van der Waals surface area (Å²) in [6, 6.07) is 2.44. The Morgan fingerprint density at radius 1 is 1.50 bits per heavy atom. The number of hydrogen-bond acceptors (Lipinski definition) is 3. The predicted octanol–water partition coefficient (Wildman–Crippen LogP) is 1.73. The molecule has 0 unspecified atom stereocenters. The molecule has 0 radical (unpaired) electrons. The lowest BCUT2D eigenvalue weighted by Gasteiger charge is -2.05. The Hall–Kier alpha value is -1.71. The maximum atomic E-state index is 13.3. The van der Waals surface area contributed by atoms with Gasteiger partial charge < -0.3 is 4.74 Å². The third-order valence-corrected chi connectivity index (χ3v) is 1.84. The zero-order valence-electron chi connectivity index (χ0n) is 7.83. The van der Waals surface area contributed by atoms with Gasteiger partial charge in [-0.1, -0.05) is 0 Å². The van der Waals surface area contributed by atoms with Crippen molar-refractivity contribution in [3.8, 4) is 0 Å². The van der Waals surface area contributed by atoms with E-state index in [0.29, 0.717) is 11.8 Å². The number of carbonyl (C=O) groups excluding carboxylic acids is 2. The molecule has 0 saturated carbocycles. The maximum absolute atomic E-state index is 13.3. The minimum Gasteiger partial charge on any atom is -0.465 e. The Morgan fingerprint density at radius 3 is 2.57 bits per heavy atom. The van der Waals surface area contributed by atoms with Crippen molar-refractivity contribution in [1.29, 1.82) is 0 Å². The molecule has 0 heterocycles. The summed E-state index contributed by atoms with van der Waals surface area (Å²) in [5.41, 5.74) is 0.463. The number of rotatable bonds is 2. The smallest absolute Gasteiger partial charge is 0.341 e. The first-order chi connectivity index (χ1) is 6.60. The zero-order chi connectivity index (χ0) is 10.7. The summed E-state index contributed by atoms with van der Waals surface area (Å²) < 4.78 is 17.7. The van der Waals surface area contributed by atoms with Gasteiger partial charge in [0.05, 0.1) is 12.7 Å². The van der Waals surface area contributed by atoms with Gasteiger partial charge in [-0.3, -0.25) is 4.79 Å². The van der Waals surface area contributed by atoms with Crippen LogP contribution in [0.2, 0.25) is 0 Å². The largest absolute Gasteiger partial charge is 0.465 e. The minimum atomic E-state index is -0.738. The van der Waals surface area contributed by atoms with Gasteiger partial charge in [0.15, 0.2) is 0 Å². The molecule has 1 rings (SSSR count). The first-order valence-corrected chi connectivity index (χ1v) is 3.93. The highest BCUT2D eigenvalue weighted by Crippen LogP contribution is 2.15. The summed E-state index contributed by atoms with van der Waals surface area (Å²) in [6.45, 7) is 1.54. The highest BCUT2D eigenvalue weighted by molar-refractivity contribution is 5.92. The topological polar surface area (TPSA) is 43.4 Å². The van der Waals surface area contributed by atoms with Crippen molar-refractivity contribution in [2.24, 2.45) is 0 Å². The van der Waals surface area contributed by atoms with Gasteiger partial charge in [-0.15, -0.1) is 0 Å². The fourth-order valence-electron chi connectivity index (χ4n) is 1.20. The van der Waals surface area contributed by atoms with E-state index in [0.717, 1.165) is 6.07 Å². The van der Waals surface area contributed by atoms with Crippen LogP contribution in [0.5, 0.6) is 0 Å². The summed E-state index contributed by atoms with van der Waals surface area (Å²) in [5, 5.41) is 0. The number of benzene rings is 1. The SMILES string of the molecule is COC(=O)c1c(C)cc(C=O)cc1F. The predicted molar refractivity (Wildman–Crippen MR) is 47.9 cm³/mol. The number of aryl methyl sites for hydroxylation is 1. The second-order valence-electron chi connectivity index (χ2n) is 2.80. The number of hydrogen-bond donors (Lipinski definition) is 0. The number of methoxy groups -OCH3 is 1. The molecule has 0 aliphatic carbocycles. The van der Waals surface area contributed by atoms with Crippen LogP contribution in [0.3, 0.4) is 0 Å². The normalized spacial score (nSPS) is 9.64. The molecule has 1 aromatic rings.